The van der Waals surface area contributed by atoms with E-state index in [1.807, 2.05) is 36.4 Å². The fraction of sp³-hybridized carbons (Fsp3) is 0.200. The molecular formula is C25H23ClN2O5. The molecule has 1 heterocycles. The molecule has 0 saturated carbocycles. The zero-order chi connectivity index (χ0) is 23.2. The Labute approximate surface area is 196 Å². The lowest BCUT2D eigenvalue weighted by molar-refractivity contribution is -0.139. The molecule has 0 bridgehead atoms. The van der Waals surface area contributed by atoms with E-state index in [1.54, 1.807) is 41.3 Å². The first kappa shape index (κ1) is 22.5. The normalized spacial score (nSPS) is 12.5. The van der Waals surface area contributed by atoms with E-state index in [2.05, 4.69) is 4.90 Å². The van der Waals surface area contributed by atoms with Crippen molar-refractivity contribution in [3.63, 3.8) is 0 Å². The van der Waals surface area contributed by atoms with Gasteiger partial charge in [-0.2, -0.15) is 0 Å². The smallest absolute Gasteiger partial charge is 0.341 e. The predicted octanol–water partition coefficient (Wildman–Crippen LogP) is 4.35. The van der Waals surface area contributed by atoms with Gasteiger partial charge in [0, 0.05) is 29.4 Å². The van der Waals surface area contributed by atoms with Gasteiger partial charge in [0.05, 0.1) is 12.2 Å². The Balaban J connectivity index is 1.57. The standard InChI is InChI=1S/C25H23ClN2O5/c26-19-8-4-9-20(16-19)28(25(31)18-6-2-1-3-7-18)13-12-27-14-15-32-24-21(27)10-5-11-22(24)33-17-23(29)30/h1-11,16H,12-15,17H2,(H,29,30). The molecule has 3 aromatic carbocycles. The van der Waals surface area contributed by atoms with Crippen LogP contribution in [0.5, 0.6) is 11.5 Å². The van der Waals surface area contributed by atoms with Crippen LogP contribution in [0, 0.1) is 0 Å². The van der Waals surface area contributed by atoms with E-state index in [-0.39, 0.29) is 5.91 Å². The van der Waals surface area contributed by atoms with Crippen molar-refractivity contribution >= 4 is 34.9 Å². The summed E-state index contributed by atoms with van der Waals surface area (Å²) in [4.78, 5) is 28.0. The van der Waals surface area contributed by atoms with Crippen LogP contribution in [0.4, 0.5) is 11.4 Å². The highest BCUT2D eigenvalue weighted by Gasteiger charge is 2.24. The zero-order valence-electron chi connectivity index (χ0n) is 17.8. The molecule has 1 N–H and O–H groups in total. The number of rotatable bonds is 8. The van der Waals surface area contributed by atoms with E-state index in [4.69, 9.17) is 26.2 Å². The number of ether oxygens (including phenoxy) is 2. The summed E-state index contributed by atoms with van der Waals surface area (Å²) in [6, 6.07) is 21.7. The number of nitrogens with zero attached hydrogens (tertiary/aromatic N) is 2. The van der Waals surface area contributed by atoms with E-state index in [0.29, 0.717) is 54.0 Å². The van der Waals surface area contributed by atoms with Crippen molar-refractivity contribution in [1.82, 2.24) is 0 Å². The average Bonchev–Trinajstić information content (AvgIpc) is 2.83. The van der Waals surface area contributed by atoms with Crippen molar-refractivity contribution in [3.8, 4) is 11.5 Å². The third-order valence-electron chi connectivity index (χ3n) is 5.24. The maximum Gasteiger partial charge on any atom is 0.341 e. The first-order valence-electron chi connectivity index (χ1n) is 10.5. The number of hydrogen-bond donors (Lipinski definition) is 1. The quantitative estimate of drug-likeness (QED) is 0.531. The van der Waals surface area contributed by atoms with Crippen LogP contribution < -0.4 is 19.3 Å². The van der Waals surface area contributed by atoms with Crippen LogP contribution in [0.25, 0.3) is 0 Å². The second kappa shape index (κ2) is 10.3. The average molecular weight is 467 g/mol. The number of aliphatic carboxylic acids is 1. The highest BCUT2D eigenvalue weighted by molar-refractivity contribution is 6.31. The first-order valence-corrected chi connectivity index (χ1v) is 10.9. The number of benzene rings is 3. The van der Waals surface area contributed by atoms with Crippen molar-refractivity contribution in [1.29, 1.82) is 0 Å². The summed E-state index contributed by atoms with van der Waals surface area (Å²) in [6.07, 6.45) is 0. The van der Waals surface area contributed by atoms with Gasteiger partial charge in [0.25, 0.3) is 5.91 Å². The van der Waals surface area contributed by atoms with Crippen LogP contribution in [-0.2, 0) is 4.79 Å². The Hall–Kier alpha value is -3.71. The van der Waals surface area contributed by atoms with Crippen molar-refractivity contribution < 1.29 is 24.2 Å². The number of para-hydroxylation sites is 1. The first-order chi connectivity index (χ1) is 16.0. The van der Waals surface area contributed by atoms with Crippen molar-refractivity contribution in [2.24, 2.45) is 0 Å². The topological polar surface area (TPSA) is 79.3 Å². The number of fused-ring (bicyclic) bond motifs is 1. The molecule has 0 aromatic heterocycles. The molecule has 0 spiro atoms. The Morgan fingerprint density at radius 3 is 2.61 bits per heavy atom. The number of anilines is 2. The van der Waals surface area contributed by atoms with Crippen molar-refractivity contribution in [2.75, 3.05) is 42.6 Å². The minimum Gasteiger partial charge on any atom is -0.486 e. The Morgan fingerprint density at radius 2 is 1.85 bits per heavy atom. The summed E-state index contributed by atoms with van der Waals surface area (Å²) in [5.74, 6) is -0.290. The fourth-order valence-corrected chi connectivity index (χ4v) is 3.90. The minimum atomic E-state index is -1.06. The second-order valence-electron chi connectivity index (χ2n) is 7.43. The molecule has 33 heavy (non-hydrogen) atoms. The molecule has 1 aliphatic heterocycles. The summed E-state index contributed by atoms with van der Waals surface area (Å²) in [7, 11) is 0. The van der Waals surface area contributed by atoms with E-state index in [1.165, 1.54) is 0 Å². The van der Waals surface area contributed by atoms with Gasteiger partial charge >= 0.3 is 5.97 Å². The SMILES string of the molecule is O=C(O)COc1cccc2c1OCCN2CCN(C(=O)c1ccccc1)c1cccc(Cl)c1. The second-order valence-corrected chi connectivity index (χ2v) is 7.86. The number of carbonyl (C=O) groups is 2. The molecule has 0 atom stereocenters. The Morgan fingerprint density at radius 1 is 1.06 bits per heavy atom. The fourth-order valence-electron chi connectivity index (χ4n) is 3.71. The van der Waals surface area contributed by atoms with Crippen LogP contribution in [0.2, 0.25) is 5.02 Å². The van der Waals surface area contributed by atoms with Crippen LogP contribution >= 0.6 is 11.6 Å². The molecule has 3 aromatic rings. The number of amides is 1. The van der Waals surface area contributed by atoms with Crippen molar-refractivity contribution in [2.45, 2.75) is 0 Å². The number of halogens is 1. The van der Waals surface area contributed by atoms with Gasteiger partial charge in [-0.3, -0.25) is 4.79 Å². The third kappa shape index (κ3) is 5.38. The summed E-state index contributed by atoms with van der Waals surface area (Å²) in [5.41, 5.74) is 2.09. The molecule has 7 nitrogen and oxygen atoms in total. The van der Waals surface area contributed by atoms with E-state index in [9.17, 15) is 9.59 Å². The maximum atomic E-state index is 13.3. The van der Waals surface area contributed by atoms with Gasteiger partial charge in [-0.15, -0.1) is 0 Å². The Kier molecular flexibility index (Phi) is 7.00. The van der Waals surface area contributed by atoms with Crippen LogP contribution in [-0.4, -0.2) is 49.8 Å². The van der Waals surface area contributed by atoms with Crippen LogP contribution in [0.1, 0.15) is 10.4 Å². The predicted molar refractivity (Wildman–Crippen MR) is 127 cm³/mol. The molecule has 0 aliphatic carbocycles. The van der Waals surface area contributed by atoms with Gasteiger partial charge in [-0.05, 0) is 42.5 Å². The van der Waals surface area contributed by atoms with Gasteiger partial charge in [0.15, 0.2) is 18.1 Å². The molecular weight excluding hydrogens is 444 g/mol. The number of hydrogen-bond acceptors (Lipinski definition) is 5. The summed E-state index contributed by atoms with van der Waals surface area (Å²) in [5, 5.41) is 9.48. The Bertz CT molecular complexity index is 1140. The number of carboxylic acid groups (broad SMARTS) is 1. The summed E-state index contributed by atoms with van der Waals surface area (Å²) in [6.45, 7) is 1.54. The summed E-state index contributed by atoms with van der Waals surface area (Å²) >= 11 is 6.20. The highest BCUT2D eigenvalue weighted by atomic mass is 35.5. The highest BCUT2D eigenvalue weighted by Crippen LogP contribution is 2.40. The van der Waals surface area contributed by atoms with Gasteiger partial charge < -0.3 is 24.4 Å². The van der Waals surface area contributed by atoms with Gasteiger partial charge in [-0.1, -0.05) is 41.9 Å². The van der Waals surface area contributed by atoms with Crippen molar-refractivity contribution in [3.05, 3.63) is 83.4 Å². The minimum absolute atomic E-state index is 0.120. The van der Waals surface area contributed by atoms with E-state index in [0.717, 1.165) is 5.69 Å². The largest absolute Gasteiger partial charge is 0.486 e. The van der Waals surface area contributed by atoms with Gasteiger partial charge in [-0.25, -0.2) is 4.79 Å². The van der Waals surface area contributed by atoms with E-state index < -0.39 is 12.6 Å². The molecule has 0 radical (unpaired) electrons. The van der Waals surface area contributed by atoms with E-state index >= 15 is 0 Å². The molecule has 170 valence electrons. The molecule has 8 heteroatoms. The molecule has 0 unspecified atom stereocenters. The molecule has 1 aliphatic rings. The lowest BCUT2D eigenvalue weighted by Crippen LogP contribution is -2.41. The molecule has 0 saturated heterocycles. The molecule has 0 fully saturated rings. The molecule has 4 rings (SSSR count). The van der Waals surface area contributed by atoms with Crippen LogP contribution in [0.3, 0.4) is 0 Å². The van der Waals surface area contributed by atoms with Gasteiger partial charge in [0.1, 0.15) is 6.61 Å². The lowest BCUT2D eigenvalue weighted by atomic mass is 10.1. The number of carboxylic acids is 1. The number of carbonyl (C=O) groups excluding carboxylic acids is 1. The molecule has 1 amide bonds. The zero-order valence-corrected chi connectivity index (χ0v) is 18.6. The van der Waals surface area contributed by atoms with Crippen LogP contribution in [0.15, 0.2) is 72.8 Å². The van der Waals surface area contributed by atoms with Gasteiger partial charge in [0.2, 0.25) is 0 Å². The monoisotopic (exact) mass is 466 g/mol. The summed E-state index contributed by atoms with van der Waals surface area (Å²) < 4.78 is 11.2. The lowest BCUT2D eigenvalue weighted by Gasteiger charge is -2.34. The third-order valence-corrected chi connectivity index (χ3v) is 5.47. The maximum absolute atomic E-state index is 13.3.